The molecule has 0 bridgehead atoms. The molecular weight excluding hydrogens is 550 g/mol. The number of benzene rings is 2. The number of aromatic nitrogens is 2. The Morgan fingerprint density at radius 1 is 1.00 bits per heavy atom. The normalized spacial score (nSPS) is 17.2. The minimum Gasteiger partial charge on any atom is -0.444 e. The van der Waals surface area contributed by atoms with Gasteiger partial charge in [-0.3, -0.25) is 9.80 Å². The van der Waals surface area contributed by atoms with Crippen LogP contribution in [0, 0.1) is 0 Å². The smallest absolute Gasteiger partial charge is 0.410 e. The molecule has 4 aromatic rings. The third-order valence-electron chi connectivity index (χ3n) is 8.30. The van der Waals surface area contributed by atoms with Gasteiger partial charge in [0.05, 0.1) is 11.4 Å². The highest BCUT2D eigenvalue weighted by atomic mass is 16.6. The number of carbonyl (C=O) groups is 1. The molecule has 2 aliphatic heterocycles. The Morgan fingerprint density at radius 2 is 1.73 bits per heavy atom. The van der Waals surface area contributed by atoms with E-state index in [2.05, 4.69) is 62.6 Å². The predicted molar refractivity (Wildman–Crippen MR) is 176 cm³/mol. The van der Waals surface area contributed by atoms with Crippen LogP contribution in [0.25, 0.3) is 11.3 Å². The summed E-state index contributed by atoms with van der Waals surface area (Å²) in [5.74, 6) is 1.34. The van der Waals surface area contributed by atoms with Crippen LogP contribution in [-0.4, -0.2) is 57.6 Å². The van der Waals surface area contributed by atoms with Gasteiger partial charge in [0.25, 0.3) is 0 Å². The standard InChI is InChI=1S/C35H41N7O2/c1-35(2,3)44-34(43)40(4)26-18-21-41(22-19-26)23-24-12-14-27(15-13-24)42-32(28-11-8-20-37-31(28)36)39-30-17-16-29(38-33(30)42)25-9-6-5-7-10-25/h5-17,20,26,32,39H,18-19,21-23H2,1-4H3,(H2,36,37). The second kappa shape index (κ2) is 12.2. The average Bonchev–Trinajstić information content (AvgIpc) is 3.40. The lowest BCUT2D eigenvalue weighted by molar-refractivity contribution is 0.0149. The van der Waals surface area contributed by atoms with Crippen LogP contribution in [0.2, 0.25) is 0 Å². The van der Waals surface area contributed by atoms with E-state index in [1.165, 1.54) is 5.56 Å². The van der Waals surface area contributed by atoms with Crippen LogP contribution >= 0.6 is 0 Å². The summed E-state index contributed by atoms with van der Waals surface area (Å²) >= 11 is 0. The molecule has 9 heteroatoms. The minimum atomic E-state index is -0.490. The molecule has 0 spiro atoms. The fraction of sp³-hybridized carbons (Fsp3) is 0.343. The Kier molecular flexibility index (Phi) is 8.14. The Morgan fingerprint density at radius 3 is 2.41 bits per heavy atom. The van der Waals surface area contributed by atoms with E-state index in [9.17, 15) is 4.79 Å². The van der Waals surface area contributed by atoms with Crippen molar-refractivity contribution in [2.75, 3.05) is 36.1 Å². The van der Waals surface area contributed by atoms with E-state index < -0.39 is 5.60 Å². The molecular formula is C35H41N7O2. The fourth-order valence-corrected chi connectivity index (χ4v) is 5.97. The first-order chi connectivity index (χ1) is 21.2. The molecule has 4 heterocycles. The van der Waals surface area contributed by atoms with Gasteiger partial charge in [-0.25, -0.2) is 14.8 Å². The SMILES string of the molecule is CN(C(=O)OC(C)(C)C)C1CCN(Cc2ccc(N3c4nc(-c5ccccc5)ccc4NC3c3cccnc3N)cc2)CC1. The zero-order chi connectivity index (χ0) is 30.8. The number of pyridine rings is 2. The number of carbonyl (C=O) groups excluding carboxylic acids is 1. The average molecular weight is 592 g/mol. The van der Waals surface area contributed by atoms with Crippen molar-refractivity contribution >= 4 is 29.1 Å². The van der Waals surface area contributed by atoms with E-state index in [4.69, 9.17) is 15.5 Å². The lowest BCUT2D eigenvalue weighted by Gasteiger charge is -2.37. The lowest BCUT2D eigenvalue weighted by Crippen LogP contribution is -2.46. The molecule has 1 amide bonds. The molecule has 1 unspecified atom stereocenters. The number of nitrogens with zero attached hydrogens (tertiary/aromatic N) is 5. The Balaban J connectivity index is 1.19. The number of nitrogens with one attached hydrogen (secondary N) is 1. The molecule has 9 nitrogen and oxygen atoms in total. The van der Waals surface area contributed by atoms with Gasteiger partial charge in [-0.05, 0) is 75.6 Å². The summed E-state index contributed by atoms with van der Waals surface area (Å²) in [5.41, 5.74) is 12.0. The summed E-state index contributed by atoms with van der Waals surface area (Å²) in [4.78, 5) is 28.4. The minimum absolute atomic E-state index is 0.191. The van der Waals surface area contributed by atoms with Crippen LogP contribution in [0.1, 0.15) is 50.9 Å². The van der Waals surface area contributed by atoms with Gasteiger partial charge in [0.2, 0.25) is 0 Å². The number of nitrogen functional groups attached to an aromatic ring is 1. The van der Waals surface area contributed by atoms with Crippen LogP contribution in [-0.2, 0) is 11.3 Å². The van der Waals surface area contributed by atoms with Gasteiger partial charge in [0.15, 0.2) is 5.82 Å². The van der Waals surface area contributed by atoms with Gasteiger partial charge in [0, 0.05) is 55.7 Å². The third-order valence-corrected chi connectivity index (χ3v) is 8.30. The molecule has 44 heavy (non-hydrogen) atoms. The van der Waals surface area contributed by atoms with E-state index in [1.54, 1.807) is 11.1 Å². The fourth-order valence-electron chi connectivity index (χ4n) is 5.97. The topological polar surface area (TPSA) is 99.9 Å². The van der Waals surface area contributed by atoms with Crippen LogP contribution in [0.15, 0.2) is 85.1 Å². The number of amides is 1. The number of hydrogen-bond acceptors (Lipinski definition) is 8. The van der Waals surface area contributed by atoms with Crippen molar-refractivity contribution < 1.29 is 9.53 Å². The van der Waals surface area contributed by atoms with Crippen molar-refractivity contribution in [3.05, 3.63) is 96.2 Å². The number of ether oxygens (including phenoxy) is 1. The summed E-state index contributed by atoms with van der Waals surface area (Å²) in [5, 5.41) is 3.63. The highest BCUT2D eigenvalue weighted by Crippen LogP contribution is 2.46. The molecule has 2 aromatic heterocycles. The highest BCUT2D eigenvalue weighted by molar-refractivity contribution is 5.83. The number of hydrogen-bond donors (Lipinski definition) is 2. The lowest BCUT2D eigenvalue weighted by atomic mass is 10.0. The summed E-state index contributed by atoms with van der Waals surface area (Å²) in [6, 6.07) is 27.2. The highest BCUT2D eigenvalue weighted by Gasteiger charge is 2.34. The largest absolute Gasteiger partial charge is 0.444 e. The number of anilines is 4. The second-order valence-electron chi connectivity index (χ2n) is 12.6. The number of nitrogens with two attached hydrogens (primary N) is 1. The van der Waals surface area contributed by atoms with E-state index in [1.807, 2.05) is 64.2 Å². The van der Waals surface area contributed by atoms with E-state index in [-0.39, 0.29) is 18.3 Å². The first kappa shape index (κ1) is 29.4. The Labute approximate surface area is 259 Å². The van der Waals surface area contributed by atoms with Gasteiger partial charge >= 0.3 is 6.09 Å². The maximum Gasteiger partial charge on any atom is 0.410 e. The summed E-state index contributed by atoms with van der Waals surface area (Å²) in [6.45, 7) is 8.41. The first-order valence-corrected chi connectivity index (χ1v) is 15.3. The van der Waals surface area contributed by atoms with Crippen molar-refractivity contribution in [1.29, 1.82) is 0 Å². The number of rotatable bonds is 6. The molecule has 1 fully saturated rings. The van der Waals surface area contributed by atoms with Crippen molar-refractivity contribution in [1.82, 2.24) is 19.8 Å². The summed E-state index contributed by atoms with van der Waals surface area (Å²) in [6.07, 6.45) is 3.07. The molecule has 6 rings (SSSR count). The number of fused-ring (bicyclic) bond motifs is 1. The summed E-state index contributed by atoms with van der Waals surface area (Å²) in [7, 11) is 1.85. The van der Waals surface area contributed by atoms with E-state index in [0.717, 1.165) is 66.5 Å². The van der Waals surface area contributed by atoms with Gasteiger partial charge in [-0.1, -0.05) is 42.5 Å². The molecule has 228 valence electrons. The van der Waals surface area contributed by atoms with E-state index >= 15 is 0 Å². The first-order valence-electron chi connectivity index (χ1n) is 15.3. The quantitative estimate of drug-likeness (QED) is 0.252. The van der Waals surface area contributed by atoms with Crippen molar-refractivity contribution in [3.63, 3.8) is 0 Å². The maximum atomic E-state index is 12.5. The van der Waals surface area contributed by atoms with Gasteiger partial charge in [0.1, 0.15) is 17.6 Å². The maximum absolute atomic E-state index is 12.5. The summed E-state index contributed by atoms with van der Waals surface area (Å²) < 4.78 is 5.57. The van der Waals surface area contributed by atoms with Crippen molar-refractivity contribution in [2.24, 2.45) is 0 Å². The third kappa shape index (κ3) is 6.33. The molecule has 2 aromatic carbocycles. The zero-order valence-electron chi connectivity index (χ0n) is 25.9. The number of likely N-dealkylation sites (tertiary alicyclic amines) is 1. The van der Waals surface area contributed by atoms with Crippen molar-refractivity contribution in [2.45, 2.75) is 58.0 Å². The molecule has 0 radical (unpaired) electrons. The molecule has 1 atom stereocenters. The molecule has 2 aliphatic rings. The van der Waals surface area contributed by atoms with Gasteiger partial charge in [-0.15, -0.1) is 0 Å². The molecule has 3 N–H and O–H groups in total. The Hall–Kier alpha value is -4.63. The van der Waals surface area contributed by atoms with E-state index in [0.29, 0.717) is 5.82 Å². The second-order valence-corrected chi connectivity index (χ2v) is 12.6. The Bertz CT molecular complexity index is 1600. The van der Waals surface area contributed by atoms with Crippen LogP contribution < -0.4 is 16.0 Å². The van der Waals surface area contributed by atoms with Gasteiger partial charge < -0.3 is 20.7 Å². The van der Waals surface area contributed by atoms with Gasteiger partial charge in [-0.2, -0.15) is 0 Å². The number of piperidine rings is 1. The van der Waals surface area contributed by atoms with Crippen LogP contribution in [0.3, 0.4) is 0 Å². The predicted octanol–water partition coefficient (Wildman–Crippen LogP) is 6.82. The molecule has 1 saturated heterocycles. The zero-order valence-corrected chi connectivity index (χ0v) is 25.9. The monoisotopic (exact) mass is 591 g/mol. The van der Waals surface area contributed by atoms with Crippen molar-refractivity contribution in [3.8, 4) is 11.3 Å². The molecule has 0 saturated carbocycles. The van der Waals surface area contributed by atoms with Crippen LogP contribution in [0.4, 0.5) is 27.8 Å². The molecule has 0 aliphatic carbocycles. The van der Waals surface area contributed by atoms with Crippen LogP contribution in [0.5, 0.6) is 0 Å².